The zero-order chi connectivity index (χ0) is 20.5. The standard InChI is InChI=1S/C21H22BrNO5/c1-4-9-23-17-8-5-13(22)10-16(17)21(26,20(23)25)12-18(24)15-7-6-14(27-2)11-19(15)28-3/h5-8,10-11,26H,4,9,12H2,1-3H3/t21-/m1/s1. The number of methoxy groups -OCH3 is 2. The first-order valence-electron chi connectivity index (χ1n) is 8.95. The summed E-state index contributed by atoms with van der Waals surface area (Å²) >= 11 is 3.39. The first-order chi connectivity index (χ1) is 13.3. The zero-order valence-electron chi connectivity index (χ0n) is 16.0. The first-order valence-corrected chi connectivity index (χ1v) is 9.74. The number of hydrogen-bond donors (Lipinski definition) is 1. The van der Waals surface area contributed by atoms with E-state index in [9.17, 15) is 14.7 Å². The van der Waals surface area contributed by atoms with Crippen LogP contribution in [0, 0.1) is 0 Å². The number of ether oxygens (including phenoxy) is 2. The highest BCUT2D eigenvalue weighted by molar-refractivity contribution is 9.10. The van der Waals surface area contributed by atoms with Crippen LogP contribution in [-0.2, 0) is 10.4 Å². The maximum Gasteiger partial charge on any atom is 0.264 e. The van der Waals surface area contributed by atoms with Gasteiger partial charge in [-0.25, -0.2) is 0 Å². The van der Waals surface area contributed by atoms with Crippen LogP contribution in [-0.4, -0.2) is 37.6 Å². The smallest absolute Gasteiger partial charge is 0.264 e. The van der Waals surface area contributed by atoms with Gasteiger partial charge in [-0.1, -0.05) is 22.9 Å². The average molecular weight is 448 g/mol. The molecule has 0 spiro atoms. The Labute approximate surface area is 172 Å². The summed E-state index contributed by atoms with van der Waals surface area (Å²) in [4.78, 5) is 27.6. The highest BCUT2D eigenvalue weighted by Gasteiger charge is 2.51. The maximum absolute atomic E-state index is 13.1. The third-order valence-corrected chi connectivity index (χ3v) is 5.36. The number of aliphatic hydroxyl groups is 1. The van der Waals surface area contributed by atoms with Gasteiger partial charge in [-0.05, 0) is 36.8 Å². The number of carbonyl (C=O) groups is 2. The van der Waals surface area contributed by atoms with Gasteiger partial charge in [0.1, 0.15) is 11.5 Å². The highest BCUT2D eigenvalue weighted by Crippen LogP contribution is 2.44. The number of anilines is 1. The number of benzene rings is 2. The van der Waals surface area contributed by atoms with Crippen molar-refractivity contribution in [3.05, 3.63) is 52.0 Å². The van der Waals surface area contributed by atoms with E-state index >= 15 is 0 Å². The molecule has 0 bridgehead atoms. The molecule has 2 aromatic carbocycles. The number of hydrogen-bond acceptors (Lipinski definition) is 5. The largest absolute Gasteiger partial charge is 0.497 e. The van der Waals surface area contributed by atoms with Gasteiger partial charge in [-0.2, -0.15) is 0 Å². The molecule has 3 rings (SSSR count). The lowest BCUT2D eigenvalue weighted by atomic mass is 9.88. The molecule has 28 heavy (non-hydrogen) atoms. The molecular formula is C21H22BrNO5. The number of nitrogens with zero attached hydrogens (tertiary/aromatic N) is 1. The normalized spacial score (nSPS) is 18.2. The van der Waals surface area contributed by atoms with Crippen LogP contribution in [0.25, 0.3) is 0 Å². The van der Waals surface area contributed by atoms with Crippen LogP contribution in [0.5, 0.6) is 11.5 Å². The minimum Gasteiger partial charge on any atom is -0.497 e. The molecule has 2 aromatic rings. The van der Waals surface area contributed by atoms with Crippen molar-refractivity contribution < 1.29 is 24.2 Å². The number of amides is 1. The van der Waals surface area contributed by atoms with Crippen LogP contribution < -0.4 is 14.4 Å². The minimum absolute atomic E-state index is 0.287. The summed E-state index contributed by atoms with van der Waals surface area (Å²) in [7, 11) is 2.98. The minimum atomic E-state index is -1.92. The van der Waals surface area contributed by atoms with E-state index in [0.717, 1.165) is 10.9 Å². The molecule has 1 aliphatic rings. The van der Waals surface area contributed by atoms with Gasteiger partial charge in [0, 0.05) is 22.6 Å². The fraction of sp³-hybridized carbons (Fsp3) is 0.333. The molecule has 0 unspecified atom stereocenters. The maximum atomic E-state index is 13.1. The molecule has 0 radical (unpaired) electrons. The van der Waals surface area contributed by atoms with Gasteiger partial charge in [0.25, 0.3) is 5.91 Å². The van der Waals surface area contributed by atoms with Gasteiger partial charge in [-0.15, -0.1) is 0 Å². The van der Waals surface area contributed by atoms with Crippen LogP contribution in [0.4, 0.5) is 5.69 Å². The van der Waals surface area contributed by atoms with Crippen LogP contribution in [0.1, 0.15) is 35.7 Å². The quantitative estimate of drug-likeness (QED) is 0.655. The van der Waals surface area contributed by atoms with E-state index in [1.165, 1.54) is 14.2 Å². The predicted molar refractivity (Wildman–Crippen MR) is 109 cm³/mol. The number of ketones is 1. The van der Waals surface area contributed by atoms with E-state index < -0.39 is 11.5 Å². The second-order valence-corrected chi connectivity index (χ2v) is 7.56. The van der Waals surface area contributed by atoms with E-state index in [1.807, 2.05) is 13.0 Å². The molecule has 1 heterocycles. The van der Waals surface area contributed by atoms with Crippen molar-refractivity contribution in [3.63, 3.8) is 0 Å². The molecule has 1 N–H and O–H groups in total. The number of carbonyl (C=O) groups excluding carboxylic acids is 2. The molecule has 0 aliphatic carbocycles. The molecule has 0 saturated heterocycles. The van der Waals surface area contributed by atoms with E-state index in [1.54, 1.807) is 35.2 Å². The van der Waals surface area contributed by atoms with E-state index in [2.05, 4.69) is 15.9 Å². The summed E-state index contributed by atoms with van der Waals surface area (Å²) in [5.74, 6) is 0.00799. The molecule has 1 amide bonds. The van der Waals surface area contributed by atoms with Crippen LogP contribution in [0.15, 0.2) is 40.9 Å². The van der Waals surface area contributed by atoms with Crippen molar-refractivity contribution in [2.75, 3.05) is 25.7 Å². The number of halogens is 1. The second kappa shape index (κ2) is 7.93. The van der Waals surface area contributed by atoms with Crippen molar-refractivity contribution in [1.82, 2.24) is 0 Å². The third kappa shape index (κ3) is 3.40. The Kier molecular flexibility index (Phi) is 5.76. The van der Waals surface area contributed by atoms with Crippen LogP contribution in [0.3, 0.4) is 0 Å². The van der Waals surface area contributed by atoms with Crippen molar-refractivity contribution in [2.24, 2.45) is 0 Å². The average Bonchev–Trinajstić information content (AvgIpc) is 2.89. The lowest BCUT2D eigenvalue weighted by molar-refractivity contribution is -0.135. The lowest BCUT2D eigenvalue weighted by Gasteiger charge is -2.23. The van der Waals surface area contributed by atoms with Crippen molar-refractivity contribution in [3.8, 4) is 11.5 Å². The molecule has 0 fully saturated rings. The van der Waals surface area contributed by atoms with Crippen LogP contribution in [0.2, 0.25) is 0 Å². The Morgan fingerprint density at radius 3 is 2.57 bits per heavy atom. The Hall–Kier alpha value is -2.38. The van der Waals surface area contributed by atoms with E-state index in [0.29, 0.717) is 29.3 Å². The topological polar surface area (TPSA) is 76.1 Å². The molecule has 1 atom stereocenters. The Balaban J connectivity index is 2.00. The second-order valence-electron chi connectivity index (χ2n) is 6.64. The predicted octanol–water partition coefficient (Wildman–Crippen LogP) is 3.68. The summed E-state index contributed by atoms with van der Waals surface area (Å²) in [5.41, 5.74) is -0.570. The molecule has 0 saturated carbocycles. The van der Waals surface area contributed by atoms with Crippen molar-refractivity contribution >= 4 is 33.3 Å². The molecule has 7 heteroatoms. The summed E-state index contributed by atoms with van der Waals surface area (Å²) in [6, 6.07) is 10.1. The SMILES string of the molecule is CCCN1C(=O)[C@@](O)(CC(=O)c2ccc(OC)cc2OC)c2cc(Br)ccc21. The Morgan fingerprint density at radius 2 is 1.93 bits per heavy atom. The van der Waals surface area contributed by atoms with Gasteiger partial charge in [-0.3, -0.25) is 9.59 Å². The van der Waals surface area contributed by atoms with Crippen molar-refractivity contribution in [1.29, 1.82) is 0 Å². The zero-order valence-corrected chi connectivity index (χ0v) is 17.6. The first kappa shape index (κ1) is 20.4. The Bertz CT molecular complexity index is 929. The molecule has 6 nitrogen and oxygen atoms in total. The molecule has 148 valence electrons. The molecular weight excluding hydrogens is 426 g/mol. The fourth-order valence-electron chi connectivity index (χ4n) is 3.50. The Morgan fingerprint density at radius 1 is 1.18 bits per heavy atom. The number of Topliss-reactive ketones (excluding diaryl/α,β-unsaturated/α-hetero) is 1. The van der Waals surface area contributed by atoms with Gasteiger partial charge in [0.15, 0.2) is 11.4 Å². The monoisotopic (exact) mass is 447 g/mol. The fourth-order valence-corrected chi connectivity index (χ4v) is 3.86. The van der Waals surface area contributed by atoms with Gasteiger partial charge in [0.05, 0.1) is 31.9 Å². The highest BCUT2D eigenvalue weighted by atomic mass is 79.9. The van der Waals surface area contributed by atoms with Gasteiger partial charge in [0.2, 0.25) is 0 Å². The van der Waals surface area contributed by atoms with Gasteiger partial charge >= 0.3 is 0 Å². The van der Waals surface area contributed by atoms with E-state index in [-0.39, 0.29) is 17.8 Å². The summed E-state index contributed by atoms with van der Waals surface area (Å²) in [6.07, 6.45) is 0.357. The number of fused-ring (bicyclic) bond motifs is 1. The summed E-state index contributed by atoms with van der Waals surface area (Å²) < 4.78 is 11.2. The van der Waals surface area contributed by atoms with Gasteiger partial charge < -0.3 is 19.5 Å². The van der Waals surface area contributed by atoms with Crippen LogP contribution >= 0.6 is 15.9 Å². The van der Waals surface area contributed by atoms with Crippen molar-refractivity contribution in [2.45, 2.75) is 25.4 Å². The number of rotatable bonds is 7. The summed E-state index contributed by atoms with van der Waals surface area (Å²) in [5, 5.41) is 11.3. The summed E-state index contributed by atoms with van der Waals surface area (Å²) in [6.45, 7) is 2.42. The molecule has 1 aliphatic heterocycles. The van der Waals surface area contributed by atoms with E-state index in [4.69, 9.17) is 9.47 Å². The third-order valence-electron chi connectivity index (χ3n) is 4.87. The molecule has 0 aromatic heterocycles. The lowest BCUT2D eigenvalue weighted by Crippen LogP contribution is -2.42.